The molecule has 0 aliphatic heterocycles. The predicted octanol–water partition coefficient (Wildman–Crippen LogP) is 1.49. The van der Waals surface area contributed by atoms with Gasteiger partial charge in [-0.3, -0.25) is 13.9 Å². The molecule has 3 aromatic rings. The van der Waals surface area contributed by atoms with Crippen LogP contribution in [0.25, 0.3) is 11.2 Å². The Balaban J connectivity index is 2.24. The first-order valence-electron chi connectivity index (χ1n) is 7.44. The lowest BCUT2D eigenvalue weighted by atomic mass is 10.1. The molecule has 0 atom stereocenters. The third-order valence-corrected chi connectivity index (χ3v) is 4.57. The summed E-state index contributed by atoms with van der Waals surface area (Å²) in [5.74, 6) is 0.522. The van der Waals surface area contributed by atoms with Gasteiger partial charge >= 0.3 is 5.69 Å². The Hall–Kier alpha value is -2.54. The smallest absolute Gasteiger partial charge is 0.332 e. The molecule has 126 valence electrons. The maximum absolute atomic E-state index is 12.8. The van der Waals surface area contributed by atoms with Gasteiger partial charge in [0, 0.05) is 26.2 Å². The fraction of sp³-hybridized carbons (Fsp3) is 0.312. The van der Waals surface area contributed by atoms with E-state index in [1.54, 1.807) is 31.8 Å². The van der Waals surface area contributed by atoms with E-state index in [-0.39, 0.29) is 12.1 Å². The number of fused-ring (bicyclic) bond motifs is 1. The normalized spacial score (nSPS) is 11.2. The van der Waals surface area contributed by atoms with E-state index in [1.165, 1.54) is 9.13 Å². The van der Waals surface area contributed by atoms with Crippen molar-refractivity contribution in [1.82, 2.24) is 18.7 Å². The third kappa shape index (κ3) is 2.41. The fourth-order valence-corrected chi connectivity index (χ4v) is 2.93. The number of hydrogen-bond acceptors (Lipinski definition) is 4. The summed E-state index contributed by atoms with van der Waals surface area (Å²) in [7, 11) is 5.06. The van der Waals surface area contributed by atoms with Gasteiger partial charge in [0.05, 0.1) is 6.54 Å². The SMILES string of the molecule is CNc1nc2c(c(=O)n(Cc3ccc(C)c(Cl)c3)c(=O)n2C)n1C. The van der Waals surface area contributed by atoms with Gasteiger partial charge in [0.25, 0.3) is 5.56 Å². The lowest BCUT2D eigenvalue weighted by Gasteiger charge is -2.09. The average molecular weight is 348 g/mol. The van der Waals surface area contributed by atoms with Crippen LogP contribution in [0.1, 0.15) is 11.1 Å². The van der Waals surface area contributed by atoms with Crippen LogP contribution in [0.3, 0.4) is 0 Å². The molecule has 2 heterocycles. The number of imidazole rings is 1. The molecular weight excluding hydrogens is 330 g/mol. The first kappa shape index (κ1) is 16.3. The lowest BCUT2D eigenvalue weighted by Crippen LogP contribution is -2.39. The molecule has 0 amide bonds. The van der Waals surface area contributed by atoms with E-state index in [9.17, 15) is 9.59 Å². The number of benzene rings is 1. The molecule has 0 aliphatic carbocycles. The quantitative estimate of drug-likeness (QED) is 0.779. The Morgan fingerprint density at radius 1 is 1.21 bits per heavy atom. The molecule has 8 heteroatoms. The van der Waals surface area contributed by atoms with E-state index in [1.807, 2.05) is 19.1 Å². The molecule has 0 fully saturated rings. The van der Waals surface area contributed by atoms with Crippen molar-refractivity contribution in [2.75, 3.05) is 12.4 Å². The van der Waals surface area contributed by atoms with Crippen molar-refractivity contribution < 1.29 is 0 Å². The van der Waals surface area contributed by atoms with E-state index in [0.29, 0.717) is 22.1 Å². The zero-order valence-electron chi connectivity index (χ0n) is 13.9. The maximum Gasteiger partial charge on any atom is 0.332 e. The number of aromatic nitrogens is 4. The Morgan fingerprint density at radius 3 is 2.54 bits per heavy atom. The van der Waals surface area contributed by atoms with Gasteiger partial charge in [0.2, 0.25) is 5.95 Å². The highest BCUT2D eigenvalue weighted by atomic mass is 35.5. The lowest BCUT2D eigenvalue weighted by molar-refractivity contribution is 0.655. The van der Waals surface area contributed by atoms with Crippen molar-refractivity contribution in [3.8, 4) is 0 Å². The number of hydrogen-bond donors (Lipinski definition) is 1. The summed E-state index contributed by atoms with van der Waals surface area (Å²) in [4.78, 5) is 29.7. The van der Waals surface area contributed by atoms with E-state index >= 15 is 0 Å². The number of rotatable bonds is 3. The molecule has 2 aromatic heterocycles. The molecule has 0 saturated heterocycles. The predicted molar refractivity (Wildman–Crippen MR) is 95.1 cm³/mol. The molecule has 1 N–H and O–H groups in total. The summed E-state index contributed by atoms with van der Waals surface area (Å²) in [5, 5.41) is 3.52. The fourth-order valence-electron chi connectivity index (χ4n) is 2.72. The van der Waals surface area contributed by atoms with Gasteiger partial charge in [0.1, 0.15) is 0 Å². The Morgan fingerprint density at radius 2 is 1.92 bits per heavy atom. The topological polar surface area (TPSA) is 73.8 Å². The van der Waals surface area contributed by atoms with Crippen molar-refractivity contribution in [1.29, 1.82) is 0 Å². The van der Waals surface area contributed by atoms with Crippen LogP contribution in [-0.4, -0.2) is 25.7 Å². The van der Waals surface area contributed by atoms with Crippen LogP contribution in [0, 0.1) is 6.92 Å². The van der Waals surface area contributed by atoms with Crippen molar-refractivity contribution in [2.24, 2.45) is 14.1 Å². The minimum absolute atomic E-state index is 0.154. The zero-order valence-corrected chi connectivity index (χ0v) is 14.7. The summed E-state index contributed by atoms with van der Waals surface area (Å²) >= 11 is 6.14. The highest BCUT2D eigenvalue weighted by molar-refractivity contribution is 6.31. The van der Waals surface area contributed by atoms with Crippen molar-refractivity contribution in [2.45, 2.75) is 13.5 Å². The number of nitrogens with zero attached hydrogens (tertiary/aromatic N) is 4. The average Bonchev–Trinajstić information content (AvgIpc) is 2.89. The highest BCUT2D eigenvalue weighted by Crippen LogP contribution is 2.17. The van der Waals surface area contributed by atoms with E-state index < -0.39 is 5.69 Å². The van der Waals surface area contributed by atoms with Gasteiger partial charge in [0.15, 0.2) is 11.2 Å². The summed E-state index contributed by atoms with van der Waals surface area (Å²) in [5.41, 5.74) is 1.68. The number of nitrogens with one attached hydrogen (secondary N) is 1. The van der Waals surface area contributed by atoms with Crippen molar-refractivity contribution in [3.63, 3.8) is 0 Å². The standard InChI is InChI=1S/C16H18ClN5O2/c1-9-5-6-10(7-11(9)17)8-22-14(23)12-13(21(4)16(22)24)19-15(18-2)20(12)3/h5-7H,8H2,1-4H3,(H,18,19). The third-order valence-electron chi connectivity index (χ3n) is 4.16. The second kappa shape index (κ2) is 5.83. The van der Waals surface area contributed by atoms with Gasteiger partial charge in [-0.25, -0.2) is 4.79 Å². The van der Waals surface area contributed by atoms with Crippen LogP contribution in [0.5, 0.6) is 0 Å². The minimum atomic E-state index is -0.412. The number of anilines is 1. The highest BCUT2D eigenvalue weighted by Gasteiger charge is 2.18. The Kier molecular flexibility index (Phi) is 3.96. The number of aryl methyl sites for hydroxylation is 3. The molecule has 1 aromatic carbocycles. The first-order chi connectivity index (χ1) is 11.3. The zero-order chi connectivity index (χ0) is 17.6. The molecule has 0 saturated carbocycles. The van der Waals surface area contributed by atoms with Crippen molar-refractivity contribution >= 4 is 28.7 Å². The van der Waals surface area contributed by atoms with Gasteiger partial charge in [-0.2, -0.15) is 4.98 Å². The molecule has 0 aliphatic rings. The summed E-state index contributed by atoms with van der Waals surface area (Å²) in [6.45, 7) is 2.06. The number of halogens is 1. The largest absolute Gasteiger partial charge is 0.359 e. The van der Waals surface area contributed by atoms with Crippen LogP contribution in [0.2, 0.25) is 5.02 Å². The van der Waals surface area contributed by atoms with Crippen LogP contribution >= 0.6 is 11.6 Å². The van der Waals surface area contributed by atoms with E-state index in [4.69, 9.17) is 11.6 Å². The summed E-state index contributed by atoms with van der Waals surface area (Å²) < 4.78 is 4.23. The van der Waals surface area contributed by atoms with Gasteiger partial charge < -0.3 is 9.88 Å². The van der Waals surface area contributed by atoms with E-state index in [0.717, 1.165) is 11.1 Å². The van der Waals surface area contributed by atoms with Gasteiger partial charge in [-0.15, -0.1) is 0 Å². The second-order valence-electron chi connectivity index (χ2n) is 5.73. The van der Waals surface area contributed by atoms with Gasteiger partial charge in [-0.1, -0.05) is 23.7 Å². The van der Waals surface area contributed by atoms with E-state index in [2.05, 4.69) is 10.3 Å². The molecule has 0 spiro atoms. The molecule has 24 heavy (non-hydrogen) atoms. The maximum atomic E-state index is 12.8. The minimum Gasteiger partial charge on any atom is -0.359 e. The van der Waals surface area contributed by atoms with Crippen LogP contribution in [0.4, 0.5) is 5.95 Å². The molecule has 0 unspecified atom stereocenters. The monoisotopic (exact) mass is 347 g/mol. The molecule has 0 radical (unpaired) electrons. The van der Waals surface area contributed by atoms with Crippen LogP contribution in [0.15, 0.2) is 27.8 Å². The summed E-state index contributed by atoms with van der Waals surface area (Å²) in [6.07, 6.45) is 0. The molecular formula is C16H18ClN5O2. The molecule has 7 nitrogen and oxygen atoms in total. The second-order valence-corrected chi connectivity index (χ2v) is 6.14. The summed E-state index contributed by atoms with van der Waals surface area (Å²) in [6, 6.07) is 5.50. The molecule has 3 rings (SSSR count). The molecule has 0 bridgehead atoms. The first-order valence-corrected chi connectivity index (χ1v) is 7.82. The Labute approximate surface area is 143 Å². The van der Waals surface area contributed by atoms with Crippen LogP contribution in [-0.2, 0) is 20.6 Å². The van der Waals surface area contributed by atoms with Crippen LogP contribution < -0.4 is 16.6 Å². The van der Waals surface area contributed by atoms with Crippen molar-refractivity contribution in [3.05, 3.63) is 55.2 Å². The van der Waals surface area contributed by atoms with Gasteiger partial charge in [-0.05, 0) is 24.1 Å². The Bertz CT molecular complexity index is 1060.